The van der Waals surface area contributed by atoms with Crippen LogP contribution < -0.4 is 4.74 Å². The zero-order valence-electron chi connectivity index (χ0n) is 8.45. The van der Waals surface area contributed by atoms with Crippen LogP contribution in [-0.4, -0.2) is 16.6 Å². The lowest BCUT2D eigenvalue weighted by Gasteiger charge is -2.07. The fourth-order valence-corrected chi connectivity index (χ4v) is 1.27. The highest BCUT2D eigenvalue weighted by atomic mass is 16.5. The molecule has 2 rings (SSSR count). The van der Waals surface area contributed by atoms with Crippen molar-refractivity contribution in [2.75, 3.05) is 6.61 Å². The number of hydrogen-bond acceptors (Lipinski definition) is 2. The van der Waals surface area contributed by atoms with Gasteiger partial charge < -0.3 is 9.72 Å². The SMILES string of the molecule is CC(C)COc1ccc2nc[nH]c2c1. The zero-order chi connectivity index (χ0) is 9.97. The van der Waals surface area contributed by atoms with Crippen LogP contribution in [0.25, 0.3) is 11.0 Å². The Morgan fingerprint density at radius 1 is 1.43 bits per heavy atom. The van der Waals surface area contributed by atoms with E-state index < -0.39 is 0 Å². The van der Waals surface area contributed by atoms with Gasteiger partial charge in [-0.3, -0.25) is 0 Å². The van der Waals surface area contributed by atoms with Gasteiger partial charge in [-0.25, -0.2) is 4.98 Å². The van der Waals surface area contributed by atoms with E-state index in [1.165, 1.54) is 0 Å². The Balaban J connectivity index is 2.17. The average molecular weight is 190 g/mol. The van der Waals surface area contributed by atoms with Crippen molar-refractivity contribution in [3.05, 3.63) is 24.5 Å². The summed E-state index contributed by atoms with van der Waals surface area (Å²) >= 11 is 0. The van der Waals surface area contributed by atoms with Crippen molar-refractivity contribution in [3.8, 4) is 5.75 Å². The summed E-state index contributed by atoms with van der Waals surface area (Å²) in [7, 11) is 0. The van der Waals surface area contributed by atoms with Gasteiger partial charge in [-0.15, -0.1) is 0 Å². The molecule has 3 nitrogen and oxygen atoms in total. The van der Waals surface area contributed by atoms with Crippen LogP contribution in [-0.2, 0) is 0 Å². The van der Waals surface area contributed by atoms with Gasteiger partial charge in [0.25, 0.3) is 0 Å². The van der Waals surface area contributed by atoms with Crippen LogP contribution in [0.2, 0.25) is 0 Å². The maximum atomic E-state index is 5.60. The maximum Gasteiger partial charge on any atom is 0.121 e. The van der Waals surface area contributed by atoms with Crippen molar-refractivity contribution >= 4 is 11.0 Å². The summed E-state index contributed by atoms with van der Waals surface area (Å²) in [5, 5.41) is 0. The number of rotatable bonds is 3. The van der Waals surface area contributed by atoms with E-state index in [1.54, 1.807) is 6.33 Å². The predicted octanol–water partition coefficient (Wildman–Crippen LogP) is 2.60. The molecular weight excluding hydrogens is 176 g/mol. The van der Waals surface area contributed by atoms with Gasteiger partial charge in [0.2, 0.25) is 0 Å². The standard InChI is InChI=1S/C11H14N2O/c1-8(2)6-14-9-3-4-10-11(5-9)13-7-12-10/h3-5,7-8H,6H2,1-2H3,(H,12,13). The summed E-state index contributed by atoms with van der Waals surface area (Å²) in [5.41, 5.74) is 1.99. The summed E-state index contributed by atoms with van der Waals surface area (Å²) in [6.45, 7) is 5.02. The molecule has 74 valence electrons. The molecule has 0 fully saturated rings. The minimum atomic E-state index is 0.549. The molecule has 0 spiro atoms. The van der Waals surface area contributed by atoms with E-state index in [1.807, 2.05) is 18.2 Å². The van der Waals surface area contributed by atoms with Crippen LogP contribution in [0.1, 0.15) is 13.8 Å². The summed E-state index contributed by atoms with van der Waals surface area (Å²) < 4.78 is 5.60. The van der Waals surface area contributed by atoms with Gasteiger partial charge >= 0.3 is 0 Å². The van der Waals surface area contributed by atoms with Gasteiger partial charge in [0.05, 0.1) is 24.0 Å². The van der Waals surface area contributed by atoms with Crippen molar-refractivity contribution < 1.29 is 4.74 Å². The molecule has 0 atom stereocenters. The van der Waals surface area contributed by atoms with Crippen molar-refractivity contribution in [1.82, 2.24) is 9.97 Å². The molecule has 0 saturated heterocycles. The first kappa shape index (κ1) is 9.06. The first-order valence-electron chi connectivity index (χ1n) is 4.81. The van der Waals surface area contributed by atoms with Gasteiger partial charge in [0.15, 0.2) is 0 Å². The largest absolute Gasteiger partial charge is 0.493 e. The van der Waals surface area contributed by atoms with Crippen molar-refractivity contribution in [2.45, 2.75) is 13.8 Å². The number of imidazole rings is 1. The highest BCUT2D eigenvalue weighted by Crippen LogP contribution is 2.18. The van der Waals surface area contributed by atoms with E-state index >= 15 is 0 Å². The van der Waals surface area contributed by atoms with Gasteiger partial charge in [0, 0.05) is 6.07 Å². The molecule has 1 heterocycles. The molecule has 0 radical (unpaired) electrons. The number of aromatic amines is 1. The molecule has 0 amide bonds. The van der Waals surface area contributed by atoms with Crippen molar-refractivity contribution in [1.29, 1.82) is 0 Å². The second-order valence-electron chi connectivity index (χ2n) is 3.79. The van der Waals surface area contributed by atoms with E-state index in [4.69, 9.17) is 4.74 Å². The Bertz CT molecular complexity index is 420. The number of ether oxygens (including phenoxy) is 1. The Morgan fingerprint density at radius 3 is 3.07 bits per heavy atom. The fraction of sp³-hybridized carbons (Fsp3) is 0.364. The van der Waals surface area contributed by atoms with Gasteiger partial charge in [0.1, 0.15) is 5.75 Å². The minimum absolute atomic E-state index is 0.549. The molecule has 0 aliphatic heterocycles. The number of nitrogens with zero attached hydrogens (tertiary/aromatic N) is 1. The zero-order valence-corrected chi connectivity index (χ0v) is 8.45. The molecule has 1 aromatic heterocycles. The Kier molecular flexibility index (Phi) is 2.39. The van der Waals surface area contributed by atoms with E-state index in [-0.39, 0.29) is 0 Å². The molecule has 0 aliphatic rings. The number of fused-ring (bicyclic) bond motifs is 1. The number of benzene rings is 1. The molecule has 3 heteroatoms. The first-order valence-corrected chi connectivity index (χ1v) is 4.81. The van der Waals surface area contributed by atoms with Crippen LogP contribution in [0.15, 0.2) is 24.5 Å². The molecule has 1 aromatic carbocycles. The van der Waals surface area contributed by atoms with Gasteiger partial charge in [-0.2, -0.15) is 0 Å². The Hall–Kier alpha value is -1.51. The molecule has 1 N–H and O–H groups in total. The topological polar surface area (TPSA) is 37.9 Å². The summed E-state index contributed by atoms with van der Waals surface area (Å²) in [6, 6.07) is 5.89. The third-order valence-electron chi connectivity index (χ3n) is 1.98. The Labute approximate surface area is 83.1 Å². The molecule has 0 bridgehead atoms. The molecule has 0 saturated carbocycles. The smallest absolute Gasteiger partial charge is 0.121 e. The number of aromatic nitrogens is 2. The second-order valence-corrected chi connectivity index (χ2v) is 3.79. The number of hydrogen-bond donors (Lipinski definition) is 1. The molecule has 0 unspecified atom stereocenters. The lowest BCUT2D eigenvalue weighted by atomic mass is 10.2. The predicted molar refractivity (Wildman–Crippen MR) is 56.4 cm³/mol. The highest BCUT2D eigenvalue weighted by molar-refractivity contribution is 5.75. The Morgan fingerprint density at radius 2 is 2.29 bits per heavy atom. The van der Waals surface area contributed by atoms with E-state index in [2.05, 4.69) is 23.8 Å². The molecule has 14 heavy (non-hydrogen) atoms. The normalized spacial score (nSPS) is 11.1. The molecular formula is C11H14N2O. The van der Waals surface area contributed by atoms with Crippen LogP contribution in [0.5, 0.6) is 5.75 Å². The second kappa shape index (κ2) is 3.70. The van der Waals surface area contributed by atoms with Crippen molar-refractivity contribution in [2.24, 2.45) is 5.92 Å². The lowest BCUT2D eigenvalue weighted by Crippen LogP contribution is -2.04. The number of nitrogens with one attached hydrogen (secondary N) is 1. The average Bonchev–Trinajstić information content (AvgIpc) is 2.61. The van der Waals surface area contributed by atoms with Crippen LogP contribution >= 0.6 is 0 Å². The third kappa shape index (κ3) is 1.87. The summed E-state index contributed by atoms with van der Waals surface area (Å²) in [6.07, 6.45) is 1.69. The third-order valence-corrected chi connectivity index (χ3v) is 1.98. The van der Waals surface area contributed by atoms with E-state index in [0.29, 0.717) is 5.92 Å². The van der Waals surface area contributed by atoms with Gasteiger partial charge in [-0.05, 0) is 18.1 Å². The van der Waals surface area contributed by atoms with Crippen LogP contribution in [0, 0.1) is 5.92 Å². The van der Waals surface area contributed by atoms with Gasteiger partial charge in [-0.1, -0.05) is 13.8 Å². The van der Waals surface area contributed by atoms with Crippen LogP contribution in [0.3, 0.4) is 0 Å². The lowest BCUT2D eigenvalue weighted by molar-refractivity contribution is 0.271. The van der Waals surface area contributed by atoms with Crippen molar-refractivity contribution in [3.63, 3.8) is 0 Å². The quantitative estimate of drug-likeness (QED) is 0.807. The van der Waals surface area contributed by atoms with Crippen LogP contribution in [0.4, 0.5) is 0 Å². The fourth-order valence-electron chi connectivity index (χ4n) is 1.27. The van der Waals surface area contributed by atoms with E-state index in [9.17, 15) is 0 Å². The summed E-state index contributed by atoms with van der Waals surface area (Å²) in [4.78, 5) is 7.20. The first-order chi connectivity index (χ1) is 6.75. The number of H-pyrrole nitrogens is 1. The molecule has 0 aliphatic carbocycles. The molecule has 2 aromatic rings. The van der Waals surface area contributed by atoms with E-state index in [0.717, 1.165) is 23.4 Å². The minimum Gasteiger partial charge on any atom is -0.493 e. The maximum absolute atomic E-state index is 5.60. The summed E-state index contributed by atoms with van der Waals surface area (Å²) in [5.74, 6) is 1.45. The monoisotopic (exact) mass is 190 g/mol. The highest BCUT2D eigenvalue weighted by Gasteiger charge is 2.00.